The lowest BCUT2D eigenvalue weighted by molar-refractivity contribution is -0.149. The molecule has 2 aromatic heterocycles. The summed E-state index contributed by atoms with van der Waals surface area (Å²) in [5, 5.41) is 12.8. The van der Waals surface area contributed by atoms with E-state index in [-0.39, 0.29) is 6.61 Å². The predicted octanol–water partition coefficient (Wildman–Crippen LogP) is 4.14. The monoisotopic (exact) mass is 455 g/mol. The zero-order valence-corrected chi connectivity index (χ0v) is 18.7. The smallest absolute Gasteiger partial charge is 0.344 e. The van der Waals surface area contributed by atoms with E-state index in [4.69, 9.17) is 25.5 Å². The molecule has 8 nitrogen and oxygen atoms in total. The van der Waals surface area contributed by atoms with E-state index in [9.17, 15) is 14.9 Å². The summed E-state index contributed by atoms with van der Waals surface area (Å²) in [5.41, 5.74) is 2.72. The number of amides is 1. The molecule has 3 aromatic rings. The average Bonchev–Trinajstić information content (AvgIpc) is 3.36. The van der Waals surface area contributed by atoms with Gasteiger partial charge in [-0.1, -0.05) is 11.6 Å². The Hall–Kier alpha value is -3.70. The fraction of sp³-hybridized carbons (Fsp3) is 0.261. The molecule has 3 rings (SSSR count). The molecule has 1 N–H and O–H groups in total. The minimum atomic E-state index is -0.702. The van der Waals surface area contributed by atoms with Crippen molar-refractivity contribution in [1.29, 1.82) is 5.26 Å². The van der Waals surface area contributed by atoms with E-state index in [0.717, 1.165) is 16.8 Å². The molecule has 0 saturated heterocycles. The van der Waals surface area contributed by atoms with Gasteiger partial charge >= 0.3 is 5.97 Å². The van der Waals surface area contributed by atoms with E-state index in [1.807, 2.05) is 13.8 Å². The summed E-state index contributed by atoms with van der Waals surface area (Å²) < 4.78 is 17.5. The highest BCUT2D eigenvalue weighted by Crippen LogP contribution is 2.27. The normalized spacial score (nSPS) is 10.5. The molecule has 1 aromatic carbocycles. The average molecular weight is 456 g/mol. The van der Waals surface area contributed by atoms with Crippen molar-refractivity contribution < 1.29 is 23.5 Å². The Morgan fingerprint density at radius 2 is 2.00 bits per heavy atom. The van der Waals surface area contributed by atoms with Crippen LogP contribution in [0.5, 0.6) is 5.75 Å². The number of aryl methyl sites for hydroxylation is 1. The molecular weight excluding hydrogens is 434 g/mol. The number of ether oxygens (including phenoxy) is 2. The molecule has 0 fully saturated rings. The van der Waals surface area contributed by atoms with Crippen LogP contribution in [0.25, 0.3) is 0 Å². The molecule has 0 unspecified atom stereocenters. The minimum absolute atomic E-state index is 0.327. The summed E-state index contributed by atoms with van der Waals surface area (Å²) in [7, 11) is 0. The van der Waals surface area contributed by atoms with Gasteiger partial charge in [-0.3, -0.25) is 4.79 Å². The predicted molar refractivity (Wildman–Crippen MR) is 118 cm³/mol. The van der Waals surface area contributed by atoms with Crippen molar-refractivity contribution in [1.82, 2.24) is 4.57 Å². The van der Waals surface area contributed by atoms with Crippen molar-refractivity contribution in [3.63, 3.8) is 0 Å². The maximum Gasteiger partial charge on any atom is 0.344 e. The van der Waals surface area contributed by atoms with Crippen LogP contribution in [0.3, 0.4) is 0 Å². The Kier molecular flexibility index (Phi) is 7.23. The number of esters is 1. The van der Waals surface area contributed by atoms with Gasteiger partial charge in [-0.05, 0) is 62.2 Å². The highest BCUT2D eigenvalue weighted by atomic mass is 35.5. The van der Waals surface area contributed by atoms with Gasteiger partial charge in [0.2, 0.25) is 0 Å². The molecule has 9 heteroatoms. The Labute approximate surface area is 190 Å². The molecule has 0 saturated carbocycles. The topological polar surface area (TPSA) is 106 Å². The summed E-state index contributed by atoms with van der Waals surface area (Å²) >= 11 is 5.96. The Bertz CT molecular complexity index is 1180. The van der Waals surface area contributed by atoms with Crippen LogP contribution >= 0.6 is 11.6 Å². The second-order valence-corrected chi connectivity index (χ2v) is 7.53. The van der Waals surface area contributed by atoms with E-state index in [1.54, 1.807) is 48.1 Å². The first kappa shape index (κ1) is 23.0. The maximum absolute atomic E-state index is 12.4. The maximum atomic E-state index is 12.4. The van der Waals surface area contributed by atoms with Gasteiger partial charge in [0.1, 0.15) is 23.4 Å². The first-order valence-corrected chi connectivity index (χ1v) is 10.1. The third kappa shape index (κ3) is 5.31. The van der Waals surface area contributed by atoms with Gasteiger partial charge in [0.05, 0.1) is 18.4 Å². The summed E-state index contributed by atoms with van der Waals surface area (Å²) in [5.74, 6) is 0.188. The number of hydrogen-bond donors (Lipinski definition) is 1. The summed E-state index contributed by atoms with van der Waals surface area (Å²) in [4.78, 5) is 24.4. The molecule has 2 heterocycles. The van der Waals surface area contributed by atoms with Crippen LogP contribution in [-0.2, 0) is 20.9 Å². The van der Waals surface area contributed by atoms with Crippen molar-refractivity contribution >= 4 is 29.3 Å². The number of nitrogens with zero attached hydrogens (tertiary/aromatic N) is 2. The van der Waals surface area contributed by atoms with Gasteiger partial charge < -0.3 is 23.8 Å². The van der Waals surface area contributed by atoms with Gasteiger partial charge in [0.25, 0.3) is 5.91 Å². The van der Waals surface area contributed by atoms with Gasteiger partial charge in [-0.25, -0.2) is 4.79 Å². The molecule has 0 spiro atoms. The number of benzene rings is 1. The first-order valence-electron chi connectivity index (χ1n) is 9.76. The molecule has 0 aliphatic rings. The lowest BCUT2D eigenvalue weighted by atomic mass is 10.2. The van der Waals surface area contributed by atoms with E-state index < -0.39 is 18.5 Å². The molecular formula is C23H22ClN3O5. The quantitative estimate of drug-likeness (QED) is 0.511. The number of rotatable bonds is 8. The van der Waals surface area contributed by atoms with Crippen molar-refractivity contribution in [2.75, 3.05) is 18.5 Å². The Balaban J connectivity index is 1.60. The van der Waals surface area contributed by atoms with Crippen LogP contribution in [0.2, 0.25) is 5.02 Å². The zero-order valence-electron chi connectivity index (χ0n) is 17.9. The molecule has 32 heavy (non-hydrogen) atoms. The van der Waals surface area contributed by atoms with Gasteiger partial charge in [0, 0.05) is 10.7 Å². The number of nitriles is 1. The number of furan rings is 1. The number of hydrogen-bond acceptors (Lipinski definition) is 6. The van der Waals surface area contributed by atoms with E-state index in [1.165, 1.54) is 0 Å². The van der Waals surface area contributed by atoms with Crippen LogP contribution < -0.4 is 10.1 Å². The largest absolute Gasteiger partial charge is 0.482 e. The van der Waals surface area contributed by atoms with Gasteiger partial charge in [-0.15, -0.1) is 0 Å². The number of aromatic nitrogens is 1. The van der Waals surface area contributed by atoms with Crippen molar-refractivity contribution in [2.45, 2.75) is 27.3 Å². The second-order valence-electron chi connectivity index (χ2n) is 7.12. The van der Waals surface area contributed by atoms with Crippen molar-refractivity contribution in [3.8, 4) is 11.8 Å². The molecule has 0 atom stereocenters. The second kappa shape index (κ2) is 10.1. The van der Waals surface area contributed by atoms with Gasteiger partial charge in [-0.2, -0.15) is 5.26 Å². The van der Waals surface area contributed by atoms with Crippen LogP contribution in [0.4, 0.5) is 5.82 Å². The molecule has 1 amide bonds. The molecule has 166 valence electrons. The number of nitrogens with one attached hydrogen (secondary N) is 1. The van der Waals surface area contributed by atoms with Crippen molar-refractivity contribution in [3.05, 3.63) is 69.8 Å². The van der Waals surface area contributed by atoms with Crippen LogP contribution in [-0.4, -0.2) is 29.7 Å². The number of halogens is 1. The SMILES string of the molecule is Cc1cc(OCC(=O)OCC(=O)Nc2c(C#N)c(C)c(C)n2Cc2ccco2)ccc1Cl. The third-order valence-corrected chi connectivity index (χ3v) is 5.37. The highest BCUT2D eigenvalue weighted by molar-refractivity contribution is 6.31. The number of anilines is 1. The lowest BCUT2D eigenvalue weighted by Crippen LogP contribution is -2.25. The molecule has 0 aliphatic heterocycles. The summed E-state index contributed by atoms with van der Waals surface area (Å²) in [6.45, 7) is 4.94. The summed E-state index contributed by atoms with van der Waals surface area (Å²) in [6, 6.07) is 10.7. The Morgan fingerprint density at radius 1 is 1.22 bits per heavy atom. The standard InChI is InChI=1S/C23H22ClN3O5/c1-14-9-17(6-7-20(14)24)31-13-22(29)32-12-21(28)26-23-19(10-25)15(2)16(3)27(23)11-18-5-4-8-30-18/h4-9H,11-13H2,1-3H3,(H,26,28). The van der Waals surface area contributed by atoms with E-state index in [0.29, 0.717) is 34.5 Å². The third-order valence-electron chi connectivity index (χ3n) is 4.94. The van der Waals surface area contributed by atoms with E-state index >= 15 is 0 Å². The first-order chi connectivity index (χ1) is 15.3. The lowest BCUT2D eigenvalue weighted by Gasteiger charge is -2.12. The van der Waals surface area contributed by atoms with E-state index in [2.05, 4.69) is 11.4 Å². The fourth-order valence-corrected chi connectivity index (χ4v) is 3.21. The molecule has 0 bridgehead atoms. The number of carbonyl (C=O) groups excluding carboxylic acids is 2. The molecule has 0 radical (unpaired) electrons. The van der Waals surface area contributed by atoms with Crippen LogP contribution in [0.1, 0.15) is 28.1 Å². The highest BCUT2D eigenvalue weighted by Gasteiger charge is 2.21. The van der Waals surface area contributed by atoms with Gasteiger partial charge in [0.15, 0.2) is 13.2 Å². The van der Waals surface area contributed by atoms with Crippen molar-refractivity contribution in [2.24, 2.45) is 0 Å². The molecule has 0 aliphatic carbocycles. The van der Waals surface area contributed by atoms with Crippen LogP contribution in [0.15, 0.2) is 41.0 Å². The Morgan fingerprint density at radius 3 is 2.66 bits per heavy atom. The summed E-state index contributed by atoms with van der Waals surface area (Å²) in [6.07, 6.45) is 1.55. The van der Waals surface area contributed by atoms with Crippen LogP contribution in [0, 0.1) is 32.1 Å². The number of carbonyl (C=O) groups is 2. The minimum Gasteiger partial charge on any atom is -0.482 e. The fourth-order valence-electron chi connectivity index (χ4n) is 3.09. The zero-order chi connectivity index (χ0) is 23.3.